The standard InChI is InChI=1S/C14H17BO2S.C8H5BrS/c1-13(2)14(3,4)17-15(16-13)11-9-18-12-8-6-5-7-10(11)12;9-7-5-10-8-4-2-1-3-6(7)8/h5-9H,1-4H3;1-5H. The van der Waals surface area contributed by atoms with E-state index in [2.05, 4.69) is 103 Å². The van der Waals surface area contributed by atoms with Crippen molar-refractivity contribution in [2.45, 2.75) is 38.9 Å². The van der Waals surface area contributed by atoms with E-state index in [1.165, 1.54) is 24.6 Å². The molecule has 0 atom stereocenters. The fourth-order valence-corrected chi connectivity index (χ4v) is 5.64. The summed E-state index contributed by atoms with van der Waals surface area (Å²) in [5, 5.41) is 6.81. The maximum absolute atomic E-state index is 6.10. The number of hydrogen-bond donors (Lipinski definition) is 0. The normalized spacial score (nSPS) is 17.7. The lowest BCUT2D eigenvalue weighted by Crippen LogP contribution is -2.41. The Bertz CT molecular complexity index is 1100. The molecule has 0 bridgehead atoms. The third-order valence-electron chi connectivity index (χ3n) is 5.45. The highest BCUT2D eigenvalue weighted by Gasteiger charge is 2.52. The summed E-state index contributed by atoms with van der Waals surface area (Å²) in [6.45, 7) is 8.34. The molecular formula is C22H22BBrO2S2. The SMILES string of the molecule is Brc1csc2ccccc12.CC1(C)OB(c2csc3ccccc23)OC1(C)C. The van der Waals surface area contributed by atoms with Gasteiger partial charge in [0.2, 0.25) is 0 Å². The highest BCUT2D eigenvalue weighted by Crippen LogP contribution is 2.37. The van der Waals surface area contributed by atoms with Gasteiger partial charge in [-0.05, 0) is 66.5 Å². The number of fused-ring (bicyclic) bond motifs is 2. The number of halogens is 1. The first kappa shape index (κ1) is 20.1. The van der Waals surface area contributed by atoms with Crippen molar-refractivity contribution in [3.8, 4) is 0 Å². The molecular weight excluding hydrogens is 451 g/mol. The average Bonchev–Trinajstić information content (AvgIpc) is 3.31. The average molecular weight is 473 g/mol. The molecule has 2 nitrogen and oxygen atoms in total. The van der Waals surface area contributed by atoms with Crippen molar-refractivity contribution < 1.29 is 9.31 Å². The van der Waals surface area contributed by atoms with Crippen LogP contribution < -0.4 is 5.46 Å². The van der Waals surface area contributed by atoms with Gasteiger partial charge in [-0.1, -0.05) is 36.4 Å². The summed E-state index contributed by atoms with van der Waals surface area (Å²) in [4.78, 5) is 0. The zero-order valence-electron chi connectivity index (χ0n) is 16.4. The molecule has 0 unspecified atom stereocenters. The Morgan fingerprint density at radius 3 is 1.86 bits per heavy atom. The van der Waals surface area contributed by atoms with Crippen LogP contribution >= 0.6 is 38.6 Å². The minimum Gasteiger partial charge on any atom is -0.399 e. The molecule has 1 fully saturated rings. The quantitative estimate of drug-likeness (QED) is 0.281. The van der Waals surface area contributed by atoms with E-state index in [9.17, 15) is 0 Å². The summed E-state index contributed by atoms with van der Waals surface area (Å²) in [7, 11) is -0.258. The maximum Gasteiger partial charge on any atom is 0.496 e. The Hall–Kier alpha value is -1.18. The lowest BCUT2D eigenvalue weighted by molar-refractivity contribution is 0.00578. The molecule has 0 N–H and O–H groups in total. The second-order valence-electron chi connectivity index (χ2n) is 7.86. The van der Waals surface area contributed by atoms with Crippen LogP contribution in [0.3, 0.4) is 0 Å². The molecule has 0 saturated carbocycles. The van der Waals surface area contributed by atoms with E-state index >= 15 is 0 Å². The zero-order valence-corrected chi connectivity index (χ0v) is 19.6. The third-order valence-corrected chi connectivity index (χ3v) is 8.36. The van der Waals surface area contributed by atoms with Gasteiger partial charge in [0.25, 0.3) is 0 Å². The summed E-state index contributed by atoms with van der Waals surface area (Å²) < 4.78 is 16.0. The molecule has 28 heavy (non-hydrogen) atoms. The summed E-state index contributed by atoms with van der Waals surface area (Å²) in [5.41, 5.74) is 0.593. The van der Waals surface area contributed by atoms with Gasteiger partial charge in [0.05, 0.1) is 11.2 Å². The molecule has 6 heteroatoms. The Balaban J connectivity index is 0.000000162. The van der Waals surface area contributed by atoms with Crippen molar-refractivity contribution in [3.05, 3.63) is 63.8 Å². The summed E-state index contributed by atoms with van der Waals surface area (Å²) in [5.74, 6) is 0. The van der Waals surface area contributed by atoms with E-state index in [1.54, 1.807) is 22.7 Å². The number of benzene rings is 2. The van der Waals surface area contributed by atoms with Gasteiger partial charge in [0.1, 0.15) is 0 Å². The molecule has 1 aliphatic rings. The van der Waals surface area contributed by atoms with Crippen LogP contribution in [0.2, 0.25) is 0 Å². The first-order chi connectivity index (χ1) is 13.3. The van der Waals surface area contributed by atoms with Gasteiger partial charge in [-0.25, -0.2) is 0 Å². The second-order valence-corrected chi connectivity index (χ2v) is 10.5. The van der Waals surface area contributed by atoms with Crippen LogP contribution in [0.4, 0.5) is 0 Å². The Morgan fingerprint density at radius 2 is 1.25 bits per heavy atom. The van der Waals surface area contributed by atoms with E-state index in [0.717, 1.165) is 5.46 Å². The minimum atomic E-state index is -0.277. The van der Waals surface area contributed by atoms with Gasteiger partial charge in [0, 0.05) is 30.1 Å². The maximum atomic E-state index is 6.10. The Morgan fingerprint density at radius 1 is 0.750 bits per heavy atom. The van der Waals surface area contributed by atoms with Gasteiger partial charge < -0.3 is 9.31 Å². The first-order valence-electron chi connectivity index (χ1n) is 9.22. The lowest BCUT2D eigenvalue weighted by atomic mass is 9.79. The van der Waals surface area contributed by atoms with Gasteiger partial charge in [-0.3, -0.25) is 0 Å². The van der Waals surface area contributed by atoms with Crippen LogP contribution in [-0.2, 0) is 9.31 Å². The number of hydrogen-bond acceptors (Lipinski definition) is 4. The molecule has 2 aromatic heterocycles. The topological polar surface area (TPSA) is 18.5 Å². The molecule has 1 aliphatic heterocycles. The fourth-order valence-electron chi connectivity index (χ4n) is 3.10. The van der Waals surface area contributed by atoms with E-state index in [4.69, 9.17) is 9.31 Å². The zero-order chi connectivity index (χ0) is 19.9. The molecule has 0 amide bonds. The molecule has 144 valence electrons. The van der Waals surface area contributed by atoms with Crippen LogP contribution in [0.15, 0.2) is 63.8 Å². The van der Waals surface area contributed by atoms with Crippen LogP contribution in [0, 0.1) is 0 Å². The van der Waals surface area contributed by atoms with E-state index in [1.807, 2.05) is 0 Å². The second kappa shape index (κ2) is 7.58. The largest absolute Gasteiger partial charge is 0.496 e. The van der Waals surface area contributed by atoms with Crippen molar-refractivity contribution in [1.29, 1.82) is 0 Å². The van der Waals surface area contributed by atoms with Crippen molar-refractivity contribution in [3.63, 3.8) is 0 Å². The molecule has 0 aliphatic carbocycles. The van der Waals surface area contributed by atoms with E-state index < -0.39 is 0 Å². The molecule has 2 aromatic carbocycles. The highest BCUT2D eigenvalue weighted by molar-refractivity contribution is 9.10. The predicted molar refractivity (Wildman–Crippen MR) is 127 cm³/mol. The van der Waals surface area contributed by atoms with Gasteiger partial charge in [0.15, 0.2) is 0 Å². The van der Waals surface area contributed by atoms with Gasteiger partial charge >= 0.3 is 7.12 Å². The van der Waals surface area contributed by atoms with Crippen LogP contribution in [0.5, 0.6) is 0 Å². The van der Waals surface area contributed by atoms with E-state index in [-0.39, 0.29) is 18.3 Å². The van der Waals surface area contributed by atoms with Crippen molar-refractivity contribution >= 4 is 71.4 Å². The van der Waals surface area contributed by atoms with Gasteiger partial charge in [-0.2, -0.15) is 0 Å². The molecule has 0 spiro atoms. The highest BCUT2D eigenvalue weighted by atomic mass is 79.9. The van der Waals surface area contributed by atoms with Crippen molar-refractivity contribution in [2.24, 2.45) is 0 Å². The molecule has 5 rings (SSSR count). The Kier molecular flexibility index (Phi) is 5.44. The molecule has 1 saturated heterocycles. The molecule has 4 aromatic rings. The van der Waals surface area contributed by atoms with Crippen LogP contribution in [-0.4, -0.2) is 18.3 Å². The Labute approximate surface area is 182 Å². The summed E-state index contributed by atoms with van der Waals surface area (Å²) in [6, 6.07) is 16.8. The lowest BCUT2D eigenvalue weighted by Gasteiger charge is -2.32. The van der Waals surface area contributed by atoms with E-state index in [0.29, 0.717) is 0 Å². The van der Waals surface area contributed by atoms with Crippen molar-refractivity contribution in [2.75, 3.05) is 0 Å². The molecule has 3 heterocycles. The fraction of sp³-hybridized carbons (Fsp3) is 0.273. The number of rotatable bonds is 1. The summed E-state index contributed by atoms with van der Waals surface area (Å²) in [6.07, 6.45) is 0. The smallest absolute Gasteiger partial charge is 0.399 e. The van der Waals surface area contributed by atoms with Crippen molar-refractivity contribution in [1.82, 2.24) is 0 Å². The van der Waals surface area contributed by atoms with Gasteiger partial charge in [-0.15, -0.1) is 22.7 Å². The minimum absolute atomic E-state index is 0.258. The first-order valence-corrected chi connectivity index (χ1v) is 11.8. The predicted octanol–water partition coefficient (Wildman–Crippen LogP) is 6.86. The molecule has 0 radical (unpaired) electrons. The van der Waals surface area contributed by atoms with Crippen LogP contribution in [0.1, 0.15) is 27.7 Å². The monoisotopic (exact) mass is 472 g/mol. The third kappa shape index (κ3) is 3.69. The van der Waals surface area contributed by atoms with Crippen LogP contribution in [0.25, 0.3) is 20.2 Å². The summed E-state index contributed by atoms with van der Waals surface area (Å²) >= 11 is 6.99. The number of thiophene rings is 2.